The molecule has 3 aromatic rings. The zero-order valence-electron chi connectivity index (χ0n) is 20.8. The second-order valence-corrected chi connectivity index (χ2v) is 9.83. The maximum Gasteiger partial charge on any atom is 0.176 e. The van der Waals surface area contributed by atoms with Crippen LogP contribution in [0.3, 0.4) is 0 Å². The maximum atomic E-state index is 15.1. The molecule has 0 saturated heterocycles. The van der Waals surface area contributed by atoms with Gasteiger partial charge in [-0.2, -0.15) is 5.26 Å². The van der Waals surface area contributed by atoms with E-state index in [2.05, 4.69) is 11.1 Å². The fraction of sp³-hybridized carbons (Fsp3) is 0.300. The fourth-order valence-electron chi connectivity index (χ4n) is 5.92. The number of nitriles is 1. The molecule has 36 heavy (non-hydrogen) atoms. The minimum absolute atomic E-state index is 0.00779. The number of aromatic nitrogens is 3. The van der Waals surface area contributed by atoms with Gasteiger partial charge in [-0.05, 0) is 61.2 Å². The Morgan fingerprint density at radius 1 is 1.25 bits per heavy atom. The summed E-state index contributed by atoms with van der Waals surface area (Å²) in [6.45, 7) is 7.86. The van der Waals surface area contributed by atoms with Crippen molar-refractivity contribution in [2.45, 2.75) is 46.0 Å². The normalized spacial score (nSPS) is 24.4. The van der Waals surface area contributed by atoms with Gasteiger partial charge in [0.15, 0.2) is 11.6 Å². The molecular formula is C30H27FN4O. The van der Waals surface area contributed by atoms with Gasteiger partial charge in [-0.3, -0.25) is 9.78 Å². The number of carbonyl (C=O) groups excluding carboxylic acids is 1. The van der Waals surface area contributed by atoms with E-state index in [0.717, 1.165) is 33.7 Å². The summed E-state index contributed by atoms with van der Waals surface area (Å²) < 4.78 is 15.1. The van der Waals surface area contributed by atoms with Crippen LogP contribution in [0.25, 0.3) is 22.9 Å². The summed E-state index contributed by atoms with van der Waals surface area (Å²) in [5, 5.41) is 11.6. The maximum absolute atomic E-state index is 15.1. The van der Waals surface area contributed by atoms with Crippen molar-refractivity contribution in [3.8, 4) is 17.3 Å². The number of hydrogen-bond donors (Lipinski definition) is 0. The molecule has 180 valence electrons. The van der Waals surface area contributed by atoms with Crippen molar-refractivity contribution in [1.29, 1.82) is 5.26 Å². The Balaban J connectivity index is 1.89. The molecular weight excluding hydrogens is 451 g/mol. The van der Waals surface area contributed by atoms with Gasteiger partial charge in [0.1, 0.15) is 11.9 Å². The topological polar surface area (TPSA) is 79.5 Å². The highest BCUT2D eigenvalue weighted by Crippen LogP contribution is 2.50. The highest BCUT2D eigenvalue weighted by molar-refractivity contribution is 6.02. The van der Waals surface area contributed by atoms with E-state index in [0.29, 0.717) is 23.5 Å². The molecule has 0 aliphatic heterocycles. The Hall–Kier alpha value is -3.98. The first kappa shape index (κ1) is 23.7. The first-order chi connectivity index (χ1) is 17.3. The van der Waals surface area contributed by atoms with Crippen LogP contribution in [0.5, 0.6) is 0 Å². The van der Waals surface area contributed by atoms with Crippen LogP contribution in [-0.2, 0) is 16.6 Å². The van der Waals surface area contributed by atoms with E-state index in [1.54, 1.807) is 36.7 Å². The molecule has 1 aromatic carbocycles. The molecule has 5 nitrogen and oxygen atoms in total. The molecule has 0 unspecified atom stereocenters. The molecule has 0 radical (unpaired) electrons. The summed E-state index contributed by atoms with van der Waals surface area (Å²) in [6, 6.07) is 10.7. The van der Waals surface area contributed by atoms with Gasteiger partial charge >= 0.3 is 0 Å². The number of pyridine rings is 1. The third-order valence-electron chi connectivity index (χ3n) is 7.87. The smallest absolute Gasteiger partial charge is 0.176 e. The van der Waals surface area contributed by atoms with Crippen LogP contribution < -0.4 is 10.4 Å². The number of hydrogen-bond acceptors (Lipinski definition) is 5. The highest BCUT2D eigenvalue weighted by Gasteiger charge is 2.49. The van der Waals surface area contributed by atoms with Crippen LogP contribution in [0, 0.1) is 29.0 Å². The quantitative estimate of drug-likeness (QED) is 0.552. The first-order valence-electron chi connectivity index (χ1n) is 12.2. The Labute approximate surface area is 209 Å². The standard InChI is InChI=1S/C30H27FN4O/c1-5-19-16-33-13-12-21(19)17(2)29-34-26(22-8-6-7-9-25(22)31)23-10-11-24-18(3)27(36)20(15-32)14-30(24,4)28(23)35-29/h5-9,12-14,16,18,24H,10-11H2,1-4H3/b19-5-,21-17+/t18-,24-,30-/m1/s1. The van der Waals surface area contributed by atoms with Crippen LogP contribution in [0.4, 0.5) is 4.39 Å². The van der Waals surface area contributed by atoms with Crippen molar-refractivity contribution in [1.82, 2.24) is 15.0 Å². The molecule has 5 rings (SSSR count). The average Bonchev–Trinajstić information content (AvgIpc) is 2.90. The number of halogens is 1. The summed E-state index contributed by atoms with van der Waals surface area (Å²) in [6.07, 6.45) is 8.66. The molecule has 0 amide bonds. The van der Waals surface area contributed by atoms with E-state index in [4.69, 9.17) is 9.97 Å². The summed E-state index contributed by atoms with van der Waals surface area (Å²) >= 11 is 0. The predicted molar refractivity (Wildman–Crippen MR) is 136 cm³/mol. The molecule has 2 aliphatic rings. The molecule has 2 aromatic heterocycles. The van der Waals surface area contributed by atoms with Crippen LogP contribution in [0.2, 0.25) is 0 Å². The summed E-state index contributed by atoms with van der Waals surface area (Å²) in [5.74, 6) is -0.271. The van der Waals surface area contributed by atoms with E-state index in [9.17, 15) is 10.1 Å². The van der Waals surface area contributed by atoms with Gasteiger partial charge in [0, 0.05) is 40.4 Å². The lowest BCUT2D eigenvalue weighted by Crippen LogP contribution is -2.46. The Kier molecular flexibility index (Phi) is 5.88. The number of carbonyl (C=O) groups is 1. The minimum atomic E-state index is -0.651. The average molecular weight is 479 g/mol. The summed E-state index contributed by atoms with van der Waals surface area (Å²) in [7, 11) is 0. The number of Topliss-reactive ketones (excluding diaryl/α,β-unsaturated/α-hetero) is 1. The SMILES string of the molecule is C/C=c1/cncc/c1=C(/C)c1nc(-c2ccccc2F)c2c(n1)[C@]1(C)C=C(C#N)C(=O)[C@H](C)[C@H]1CC2. The van der Waals surface area contributed by atoms with E-state index in [-0.39, 0.29) is 29.0 Å². The molecule has 0 spiro atoms. The van der Waals surface area contributed by atoms with Crippen LogP contribution in [0.1, 0.15) is 51.2 Å². The predicted octanol–water partition coefficient (Wildman–Crippen LogP) is 4.19. The van der Waals surface area contributed by atoms with E-state index < -0.39 is 5.41 Å². The Morgan fingerprint density at radius 2 is 2.03 bits per heavy atom. The molecule has 2 heterocycles. The highest BCUT2D eigenvalue weighted by atomic mass is 19.1. The lowest BCUT2D eigenvalue weighted by atomic mass is 9.57. The van der Waals surface area contributed by atoms with Crippen LogP contribution in [-0.4, -0.2) is 20.7 Å². The van der Waals surface area contributed by atoms with E-state index in [1.165, 1.54) is 6.07 Å². The van der Waals surface area contributed by atoms with Crippen molar-refractivity contribution < 1.29 is 9.18 Å². The zero-order chi connectivity index (χ0) is 25.6. The Morgan fingerprint density at radius 3 is 2.75 bits per heavy atom. The molecule has 0 bridgehead atoms. The van der Waals surface area contributed by atoms with Crippen LogP contribution in [0.15, 0.2) is 54.4 Å². The molecule has 2 aliphatic carbocycles. The van der Waals surface area contributed by atoms with Crippen LogP contribution >= 0.6 is 0 Å². The van der Waals surface area contributed by atoms with Crippen molar-refractivity contribution in [3.05, 3.63) is 87.7 Å². The van der Waals surface area contributed by atoms with Crippen molar-refractivity contribution in [2.75, 3.05) is 0 Å². The van der Waals surface area contributed by atoms with E-state index in [1.807, 2.05) is 39.8 Å². The van der Waals surface area contributed by atoms with E-state index >= 15 is 4.39 Å². The van der Waals surface area contributed by atoms with Gasteiger partial charge in [-0.15, -0.1) is 0 Å². The minimum Gasteiger partial charge on any atom is -0.293 e. The van der Waals surface area contributed by atoms with Gasteiger partial charge in [0.25, 0.3) is 0 Å². The summed E-state index contributed by atoms with van der Waals surface area (Å²) in [4.78, 5) is 27.1. The lowest BCUT2D eigenvalue weighted by Gasteiger charge is -2.45. The number of rotatable bonds is 2. The second kappa shape index (κ2) is 8.91. The van der Waals surface area contributed by atoms with Crippen molar-refractivity contribution in [3.63, 3.8) is 0 Å². The zero-order valence-corrected chi connectivity index (χ0v) is 20.8. The lowest BCUT2D eigenvalue weighted by molar-refractivity contribution is -0.121. The first-order valence-corrected chi connectivity index (χ1v) is 12.2. The van der Waals surface area contributed by atoms with Crippen molar-refractivity contribution >= 4 is 17.4 Å². The number of allylic oxidation sites excluding steroid dienone is 2. The van der Waals surface area contributed by atoms with Gasteiger partial charge in [-0.25, -0.2) is 14.4 Å². The van der Waals surface area contributed by atoms with Gasteiger partial charge in [0.05, 0.1) is 17.0 Å². The molecule has 0 saturated carbocycles. The molecule has 0 fully saturated rings. The summed E-state index contributed by atoms with van der Waals surface area (Å²) in [5.41, 5.74) is 3.00. The van der Waals surface area contributed by atoms with Gasteiger partial charge in [-0.1, -0.05) is 38.1 Å². The van der Waals surface area contributed by atoms with Gasteiger partial charge < -0.3 is 0 Å². The number of ketones is 1. The van der Waals surface area contributed by atoms with Crippen molar-refractivity contribution in [2.24, 2.45) is 11.8 Å². The molecule has 3 atom stereocenters. The molecule has 6 heteroatoms. The third-order valence-corrected chi connectivity index (χ3v) is 7.87. The Bertz CT molecular complexity index is 1600. The second-order valence-electron chi connectivity index (χ2n) is 9.83. The third kappa shape index (κ3) is 3.58. The molecule has 0 N–H and O–H groups in total. The number of nitrogens with zero attached hydrogens (tertiary/aromatic N) is 4. The largest absolute Gasteiger partial charge is 0.293 e. The fourth-order valence-corrected chi connectivity index (χ4v) is 5.92. The monoisotopic (exact) mass is 478 g/mol. The van der Waals surface area contributed by atoms with Gasteiger partial charge in [0.2, 0.25) is 0 Å². The number of fused-ring (bicyclic) bond motifs is 3. The number of benzene rings is 1.